The highest BCUT2D eigenvalue weighted by molar-refractivity contribution is 5.90. The summed E-state index contributed by atoms with van der Waals surface area (Å²) in [6, 6.07) is 13.5. The van der Waals surface area contributed by atoms with Gasteiger partial charge in [0, 0.05) is 24.0 Å². The summed E-state index contributed by atoms with van der Waals surface area (Å²) in [5.41, 5.74) is 2.74. The van der Waals surface area contributed by atoms with Crippen molar-refractivity contribution in [2.75, 3.05) is 10.6 Å². The van der Waals surface area contributed by atoms with Crippen molar-refractivity contribution in [2.45, 2.75) is 19.9 Å². The number of hydrogen-bond acceptors (Lipinski definition) is 3. The molecule has 0 saturated heterocycles. The molecule has 4 heteroatoms. The van der Waals surface area contributed by atoms with Gasteiger partial charge in [-0.2, -0.15) is 0 Å². The third-order valence-corrected chi connectivity index (χ3v) is 2.67. The first-order valence-corrected chi connectivity index (χ1v) is 6.31. The number of aromatic nitrogens is 1. The number of pyridine rings is 1. The van der Waals surface area contributed by atoms with E-state index in [0.717, 1.165) is 17.1 Å². The Balaban J connectivity index is 1.97. The molecule has 0 fully saturated rings. The maximum absolute atomic E-state index is 11.3. The number of nitrogens with one attached hydrogen (secondary N) is 2. The van der Waals surface area contributed by atoms with Crippen LogP contribution in [0, 0.1) is 0 Å². The predicted octanol–water partition coefficient (Wildman–Crippen LogP) is 3.04. The number of benzene rings is 1. The van der Waals surface area contributed by atoms with Crippen LogP contribution in [0.5, 0.6) is 0 Å². The first-order chi connectivity index (χ1) is 9.28. The summed E-state index contributed by atoms with van der Waals surface area (Å²) in [6.45, 7) is 2.49. The van der Waals surface area contributed by atoms with Crippen LogP contribution in [0.2, 0.25) is 0 Å². The van der Waals surface area contributed by atoms with E-state index in [1.807, 2.05) is 49.4 Å². The maximum Gasteiger partial charge on any atom is 0.224 e. The Morgan fingerprint density at radius 3 is 2.74 bits per heavy atom. The van der Waals surface area contributed by atoms with Crippen molar-refractivity contribution in [1.29, 1.82) is 0 Å². The van der Waals surface area contributed by atoms with E-state index in [1.54, 1.807) is 6.20 Å². The smallest absolute Gasteiger partial charge is 0.224 e. The molecule has 2 aromatic rings. The minimum Gasteiger partial charge on any atom is -0.379 e. The van der Waals surface area contributed by atoms with E-state index in [1.165, 1.54) is 0 Å². The number of anilines is 2. The van der Waals surface area contributed by atoms with Gasteiger partial charge in [-0.3, -0.25) is 9.78 Å². The second-order valence-corrected chi connectivity index (χ2v) is 4.16. The number of carbonyl (C=O) groups excluding carboxylic acids is 1. The first-order valence-electron chi connectivity index (χ1n) is 6.31. The molecule has 0 spiro atoms. The minimum atomic E-state index is 0.0156. The standard InChI is InChI=1S/C15H17N3O/c1-2-15(19)18-13-8-5-7-12(10-13)17-11-14-6-3-4-9-16-14/h3-10,17H,2,11H2,1H3,(H,18,19). The van der Waals surface area contributed by atoms with Crippen molar-refractivity contribution in [3.63, 3.8) is 0 Å². The van der Waals surface area contributed by atoms with E-state index in [9.17, 15) is 4.79 Å². The zero-order valence-corrected chi connectivity index (χ0v) is 10.9. The van der Waals surface area contributed by atoms with Crippen molar-refractivity contribution in [3.8, 4) is 0 Å². The van der Waals surface area contributed by atoms with E-state index >= 15 is 0 Å². The molecule has 1 aromatic carbocycles. The Morgan fingerprint density at radius 2 is 2.00 bits per heavy atom. The van der Waals surface area contributed by atoms with E-state index in [2.05, 4.69) is 15.6 Å². The first kappa shape index (κ1) is 13.1. The molecule has 0 bridgehead atoms. The molecule has 2 rings (SSSR count). The fraction of sp³-hybridized carbons (Fsp3) is 0.200. The van der Waals surface area contributed by atoms with Gasteiger partial charge in [0.2, 0.25) is 5.91 Å². The Hall–Kier alpha value is -2.36. The number of carbonyl (C=O) groups is 1. The van der Waals surface area contributed by atoms with Crippen molar-refractivity contribution in [2.24, 2.45) is 0 Å². The van der Waals surface area contributed by atoms with E-state index in [-0.39, 0.29) is 5.91 Å². The molecule has 1 heterocycles. The Labute approximate surface area is 112 Å². The van der Waals surface area contributed by atoms with Gasteiger partial charge in [0.1, 0.15) is 0 Å². The van der Waals surface area contributed by atoms with Crippen LogP contribution in [0.15, 0.2) is 48.7 Å². The quantitative estimate of drug-likeness (QED) is 0.863. The zero-order chi connectivity index (χ0) is 13.5. The van der Waals surface area contributed by atoms with E-state index in [4.69, 9.17) is 0 Å². The summed E-state index contributed by atoms with van der Waals surface area (Å²) < 4.78 is 0. The number of rotatable bonds is 5. The average Bonchev–Trinajstić information content (AvgIpc) is 2.46. The van der Waals surface area contributed by atoms with Gasteiger partial charge in [0.15, 0.2) is 0 Å². The van der Waals surface area contributed by atoms with E-state index < -0.39 is 0 Å². The summed E-state index contributed by atoms with van der Waals surface area (Å²) >= 11 is 0. The van der Waals surface area contributed by atoms with Crippen molar-refractivity contribution in [3.05, 3.63) is 54.4 Å². The Kier molecular flexibility index (Phi) is 4.50. The van der Waals surface area contributed by atoms with Crippen molar-refractivity contribution < 1.29 is 4.79 Å². The largest absolute Gasteiger partial charge is 0.379 e. The molecule has 98 valence electrons. The lowest BCUT2D eigenvalue weighted by Crippen LogP contribution is -2.09. The Bertz CT molecular complexity index is 540. The molecule has 1 amide bonds. The highest BCUT2D eigenvalue weighted by Crippen LogP contribution is 2.15. The van der Waals surface area contributed by atoms with Crippen molar-refractivity contribution in [1.82, 2.24) is 4.98 Å². The SMILES string of the molecule is CCC(=O)Nc1cccc(NCc2ccccn2)c1. The third kappa shape index (κ3) is 4.10. The molecule has 0 unspecified atom stereocenters. The fourth-order valence-corrected chi connectivity index (χ4v) is 1.65. The van der Waals surface area contributed by atoms with Crippen LogP contribution in [0.3, 0.4) is 0 Å². The second-order valence-electron chi connectivity index (χ2n) is 4.16. The van der Waals surface area contributed by atoms with Crippen LogP contribution in [-0.2, 0) is 11.3 Å². The predicted molar refractivity (Wildman–Crippen MR) is 76.9 cm³/mol. The van der Waals surface area contributed by atoms with E-state index in [0.29, 0.717) is 13.0 Å². The molecule has 0 saturated carbocycles. The Morgan fingerprint density at radius 1 is 1.16 bits per heavy atom. The van der Waals surface area contributed by atoms with Crippen LogP contribution in [0.1, 0.15) is 19.0 Å². The molecule has 0 atom stereocenters. The number of amides is 1. The maximum atomic E-state index is 11.3. The summed E-state index contributed by atoms with van der Waals surface area (Å²) in [4.78, 5) is 15.6. The highest BCUT2D eigenvalue weighted by Gasteiger charge is 2.00. The topological polar surface area (TPSA) is 54.0 Å². The molecule has 0 aliphatic rings. The molecular weight excluding hydrogens is 238 g/mol. The van der Waals surface area contributed by atoms with Crippen molar-refractivity contribution >= 4 is 17.3 Å². The van der Waals surface area contributed by atoms with Gasteiger partial charge in [-0.15, -0.1) is 0 Å². The molecule has 0 aliphatic carbocycles. The molecule has 2 N–H and O–H groups in total. The average molecular weight is 255 g/mol. The van der Waals surface area contributed by atoms with Gasteiger partial charge in [0.25, 0.3) is 0 Å². The summed E-state index contributed by atoms with van der Waals surface area (Å²) in [5.74, 6) is 0.0156. The van der Waals surface area contributed by atoms with Gasteiger partial charge < -0.3 is 10.6 Å². The summed E-state index contributed by atoms with van der Waals surface area (Å²) in [6.07, 6.45) is 2.25. The highest BCUT2D eigenvalue weighted by atomic mass is 16.1. The van der Waals surface area contributed by atoms with Gasteiger partial charge in [-0.25, -0.2) is 0 Å². The lowest BCUT2D eigenvalue weighted by molar-refractivity contribution is -0.115. The zero-order valence-electron chi connectivity index (χ0n) is 10.9. The fourth-order valence-electron chi connectivity index (χ4n) is 1.65. The van der Waals surface area contributed by atoms with Gasteiger partial charge in [-0.05, 0) is 30.3 Å². The van der Waals surface area contributed by atoms with Crippen LogP contribution in [-0.4, -0.2) is 10.9 Å². The third-order valence-electron chi connectivity index (χ3n) is 2.67. The number of hydrogen-bond donors (Lipinski definition) is 2. The summed E-state index contributed by atoms with van der Waals surface area (Å²) in [5, 5.41) is 6.11. The van der Waals surface area contributed by atoms with Gasteiger partial charge in [-0.1, -0.05) is 19.1 Å². The number of nitrogens with zero attached hydrogens (tertiary/aromatic N) is 1. The van der Waals surface area contributed by atoms with Crippen LogP contribution >= 0.6 is 0 Å². The molecular formula is C15H17N3O. The molecule has 4 nitrogen and oxygen atoms in total. The molecule has 19 heavy (non-hydrogen) atoms. The normalized spacial score (nSPS) is 9.95. The van der Waals surface area contributed by atoms with Crippen LogP contribution < -0.4 is 10.6 Å². The van der Waals surface area contributed by atoms with Crippen LogP contribution in [0.25, 0.3) is 0 Å². The van der Waals surface area contributed by atoms with Gasteiger partial charge >= 0.3 is 0 Å². The molecule has 1 aromatic heterocycles. The lowest BCUT2D eigenvalue weighted by Gasteiger charge is -2.08. The molecule has 0 radical (unpaired) electrons. The lowest BCUT2D eigenvalue weighted by atomic mass is 10.2. The molecule has 0 aliphatic heterocycles. The summed E-state index contributed by atoms with van der Waals surface area (Å²) in [7, 11) is 0. The minimum absolute atomic E-state index is 0.0156. The second kappa shape index (κ2) is 6.54. The van der Waals surface area contributed by atoms with Gasteiger partial charge in [0.05, 0.1) is 12.2 Å². The van der Waals surface area contributed by atoms with Crippen LogP contribution in [0.4, 0.5) is 11.4 Å². The monoisotopic (exact) mass is 255 g/mol.